The summed E-state index contributed by atoms with van der Waals surface area (Å²) in [5.41, 5.74) is -1.62. The molecule has 0 heterocycles. The van der Waals surface area contributed by atoms with E-state index < -0.39 is 29.2 Å². The number of amides is 1. The van der Waals surface area contributed by atoms with Crippen LogP contribution in [0.5, 0.6) is 0 Å². The third kappa shape index (κ3) is 4.73. The molecule has 0 aliphatic rings. The number of alkyl halides is 3. The molecule has 0 radical (unpaired) electrons. The number of hydrogen-bond donors (Lipinski definition) is 2. The molecule has 0 aliphatic heterocycles. The highest BCUT2D eigenvalue weighted by Gasteiger charge is 2.34. The SMILES string of the molecule is CCCC(O)CNC(=O)C(C)(C)c1cccc(C(F)(F)F)c1. The fourth-order valence-corrected chi connectivity index (χ4v) is 2.08. The normalized spacial score (nSPS) is 13.8. The molecule has 0 aromatic heterocycles. The van der Waals surface area contributed by atoms with Gasteiger partial charge in [-0.25, -0.2) is 0 Å². The topological polar surface area (TPSA) is 49.3 Å². The Morgan fingerprint density at radius 1 is 1.27 bits per heavy atom. The van der Waals surface area contributed by atoms with Crippen molar-refractivity contribution in [3.05, 3.63) is 35.4 Å². The summed E-state index contributed by atoms with van der Waals surface area (Å²) in [6, 6.07) is 4.75. The summed E-state index contributed by atoms with van der Waals surface area (Å²) in [5, 5.41) is 12.2. The average molecular weight is 317 g/mol. The Hall–Kier alpha value is -1.56. The third-order valence-electron chi connectivity index (χ3n) is 3.60. The number of nitrogens with one attached hydrogen (secondary N) is 1. The van der Waals surface area contributed by atoms with Crippen LogP contribution in [0, 0.1) is 0 Å². The lowest BCUT2D eigenvalue weighted by molar-refractivity contribution is -0.138. The summed E-state index contributed by atoms with van der Waals surface area (Å²) in [4.78, 5) is 12.2. The zero-order chi connectivity index (χ0) is 17.0. The Balaban J connectivity index is 2.87. The van der Waals surface area contributed by atoms with Crippen LogP contribution in [0.25, 0.3) is 0 Å². The van der Waals surface area contributed by atoms with Crippen molar-refractivity contribution >= 4 is 5.91 Å². The first kappa shape index (κ1) is 18.5. The number of aliphatic hydroxyl groups is 1. The molecular weight excluding hydrogens is 295 g/mol. The molecule has 0 bridgehead atoms. The molecule has 1 unspecified atom stereocenters. The lowest BCUT2D eigenvalue weighted by atomic mass is 9.83. The molecule has 6 heteroatoms. The van der Waals surface area contributed by atoms with Crippen LogP contribution in [0.4, 0.5) is 13.2 Å². The van der Waals surface area contributed by atoms with E-state index in [1.165, 1.54) is 12.1 Å². The molecule has 124 valence electrons. The molecule has 0 aliphatic carbocycles. The van der Waals surface area contributed by atoms with Gasteiger partial charge in [-0.05, 0) is 31.9 Å². The number of carbonyl (C=O) groups is 1. The van der Waals surface area contributed by atoms with Crippen molar-refractivity contribution in [2.45, 2.75) is 51.3 Å². The van der Waals surface area contributed by atoms with Crippen molar-refractivity contribution in [2.24, 2.45) is 0 Å². The molecule has 3 nitrogen and oxygen atoms in total. The maximum atomic E-state index is 12.8. The Morgan fingerprint density at radius 3 is 2.41 bits per heavy atom. The maximum absolute atomic E-state index is 12.8. The lowest BCUT2D eigenvalue weighted by Crippen LogP contribution is -2.43. The highest BCUT2D eigenvalue weighted by Crippen LogP contribution is 2.32. The van der Waals surface area contributed by atoms with Crippen molar-refractivity contribution in [1.82, 2.24) is 5.32 Å². The number of carbonyl (C=O) groups excluding carboxylic acids is 1. The van der Waals surface area contributed by atoms with Gasteiger partial charge in [0.1, 0.15) is 0 Å². The number of benzene rings is 1. The van der Waals surface area contributed by atoms with Gasteiger partial charge >= 0.3 is 6.18 Å². The molecule has 1 atom stereocenters. The molecule has 1 rings (SSSR count). The fourth-order valence-electron chi connectivity index (χ4n) is 2.08. The molecule has 0 saturated carbocycles. The van der Waals surface area contributed by atoms with Crippen LogP contribution >= 0.6 is 0 Å². The molecular formula is C16H22F3NO2. The predicted octanol–water partition coefficient (Wildman–Crippen LogP) is 3.26. The van der Waals surface area contributed by atoms with Crippen LogP contribution in [0.2, 0.25) is 0 Å². The minimum Gasteiger partial charge on any atom is -0.391 e. The first-order valence-electron chi connectivity index (χ1n) is 7.23. The van der Waals surface area contributed by atoms with E-state index in [4.69, 9.17) is 0 Å². The van der Waals surface area contributed by atoms with E-state index in [0.717, 1.165) is 18.6 Å². The molecule has 1 aromatic carbocycles. The van der Waals surface area contributed by atoms with Crippen LogP contribution in [0.15, 0.2) is 24.3 Å². The van der Waals surface area contributed by atoms with Crippen molar-refractivity contribution < 1.29 is 23.1 Å². The first-order chi connectivity index (χ1) is 10.1. The van der Waals surface area contributed by atoms with Gasteiger partial charge in [-0.15, -0.1) is 0 Å². The molecule has 1 aromatic rings. The highest BCUT2D eigenvalue weighted by molar-refractivity contribution is 5.87. The van der Waals surface area contributed by atoms with Gasteiger partial charge < -0.3 is 10.4 Å². The zero-order valence-corrected chi connectivity index (χ0v) is 13.0. The Kier molecular flexibility index (Phi) is 6.00. The highest BCUT2D eigenvalue weighted by atomic mass is 19.4. The summed E-state index contributed by atoms with van der Waals surface area (Å²) < 4.78 is 38.3. The number of rotatable bonds is 6. The smallest absolute Gasteiger partial charge is 0.391 e. The molecule has 0 spiro atoms. The van der Waals surface area contributed by atoms with E-state index >= 15 is 0 Å². The molecule has 1 amide bonds. The van der Waals surface area contributed by atoms with Gasteiger partial charge in [-0.2, -0.15) is 13.2 Å². The number of hydrogen-bond acceptors (Lipinski definition) is 2. The molecule has 0 fully saturated rings. The number of halogens is 3. The summed E-state index contributed by atoms with van der Waals surface area (Å²) in [6.07, 6.45) is -3.75. The fraction of sp³-hybridized carbons (Fsp3) is 0.562. The van der Waals surface area contributed by atoms with E-state index in [1.807, 2.05) is 6.92 Å². The van der Waals surface area contributed by atoms with E-state index in [1.54, 1.807) is 13.8 Å². The maximum Gasteiger partial charge on any atom is 0.416 e. The second kappa shape index (κ2) is 7.13. The minimum atomic E-state index is -4.44. The van der Waals surface area contributed by atoms with Crippen molar-refractivity contribution in [3.8, 4) is 0 Å². The van der Waals surface area contributed by atoms with Gasteiger partial charge in [-0.3, -0.25) is 4.79 Å². The van der Waals surface area contributed by atoms with Gasteiger partial charge in [0.15, 0.2) is 0 Å². The lowest BCUT2D eigenvalue weighted by Gasteiger charge is -2.25. The van der Waals surface area contributed by atoms with Gasteiger partial charge in [0, 0.05) is 6.54 Å². The summed E-state index contributed by atoms with van der Waals surface area (Å²) in [7, 11) is 0. The average Bonchev–Trinajstić information content (AvgIpc) is 2.44. The third-order valence-corrected chi connectivity index (χ3v) is 3.60. The number of aliphatic hydroxyl groups excluding tert-OH is 1. The van der Waals surface area contributed by atoms with Crippen molar-refractivity contribution in [3.63, 3.8) is 0 Å². The summed E-state index contributed by atoms with van der Waals surface area (Å²) >= 11 is 0. The Morgan fingerprint density at radius 2 is 1.86 bits per heavy atom. The van der Waals surface area contributed by atoms with Crippen LogP contribution in [0.1, 0.15) is 44.7 Å². The zero-order valence-electron chi connectivity index (χ0n) is 13.0. The second-order valence-electron chi connectivity index (χ2n) is 5.86. The van der Waals surface area contributed by atoms with E-state index in [2.05, 4.69) is 5.32 Å². The van der Waals surface area contributed by atoms with Crippen LogP contribution in [-0.2, 0) is 16.4 Å². The van der Waals surface area contributed by atoms with Gasteiger partial charge in [0.25, 0.3) is 0 Å². The van der Waals surface area contributed by atoms with Crippen LogP contribution in [-0.4, -0.2) is 23.7 Å². The van der Waals surface area contributed by atoms with E-state index in [9.17, 15) is 23.1 Å². The second-order valence-corrected chi connectivity index (χ2v) is 5.86. The largest absolute Gasteiger partial charge is 0.416 e. The Labute approximate surface area is 128 Å². The predicted molar refractivity (Wildman–Crippen MR) is 78.4 cm³/mol. The standard InChI is InChI=1S/C16H22F3NO2/c1-4-6-13(21)10-20-14(22)15(2,3)11-7-5-8-12(9-11)16(17,18)19/h5,7-9,13,21H,4,6,10H2,1-3H3,(H,20,22). The van der Waals surface area contributed by atoms with Crippen LogP contribution < -0.4 is 5.32 Å². The van der Waals surface area contributed by atoms with Gasteiger partial charge in [0.2, 0.25) is 5.91 Å². The van der Waals surface area contributed by atoms with Gasteiger partial charge in [-0.1, -0.05) is 31.5 Å². The van der Waals surface area contributed by atoms with Gasteiger partial charge in [0.05, 0.1) is 17.1 Å². The summed E-state index contributed by atoms with van der Waals surface area (Å²) in [5.74, 6) is -0.415. The van der Waals surface area contributed by atoms with Crippen LogP contribution in [0.3, 0.4) is 0 Å². The minimum absolute atomic E-state index is 0.0923. The molecule has 0 saturated heterocycles. The molecule has 2 N–H and O–H groups in total. The van der Waals surface area contributed by atoms with E-state index in [-0.39, 0.29) is 12.1 Å². The Bertz CT molecular complexity index is 512. The first-order valence-corrected chi connectivity index (χ1v) is 7.23. The van der Waals surface area contributed by atoms with E-state index in [0.29, 0.717) is 6.42 Å². The van der Waals surface area contributed by atoms with Crippen molar-refractivity contribution in [2.75, 3.05) is 6.54 Å². The monoisotopic (exact) mass is 317 g/mol. The summed E-state index contributed by atoms with van der Waals surface area (Å²) in [6.45, 7) is 5.13. The molecule has 22 heavy (non-hydrogen) atoms. The van der Waals surface area contributed by atoms with Crippen molar-refractivity contribution in [1.29, 1.82) is 0 Å². The quantitative estimate of drug-likeness (QED) is 0.846.